The molecule has 1 aromatic rings. The number of carbonyl (C=O) groups excluding carboxylic acids is 1. The van der Waals surface area contributed by atoms with Gasteiger partial charge >= 0.3 is 6.03 Å². The van der Waals surface area contributed by atoms with Crippen LogP contribution in [0.2, 0.25) is 0 Å². The van der Waals surface area contributed by atoms with Crippen LogP contribution in [0.15, 0.2) is 29.2 Å². The van der Waals surface area contributed by atoms with Crippen LogP contribution in [-0.2, 0) is 0 Å². The summed E-state index contributed by atoms with van der Waals surface area (Å²) in [4.78, 5) is 18.0. The van der Waals surface area contributed by atoms with Gasteiger partial charge in [-0.25, -0.2) is 4.79 Å². The van der Waals surface area contributed by atoms with Gasteiger partial charge in [0.15, 0.2) is 0 Å². The van der Waals surface area contributed by atoms with Gasteiger partial charge in [0.25, 0.3) is 0 Å². The van der Waals surface area contributed by atoms with Crippen molar-refractivity contribution in [1.29, 1.82) is 0 Å². The highest BCUT2D eigenvalue weighted by Crippen LogP contribution is 2.22. The highest BCUT2D eigenvalue weighted by Gasteiger charge is 2.30. The number of carbonyl (C=O) groups is 1. The van der Waals surface area contributed by atoms with Gasteiger partial charge < -0.3 is 15.1 Å². The molecule has 1 saturated heterocycles. The lowest BCUT2D eigenvalue weighted by atomic mass is 9.93. The molecule has 1 heterocycles. The zero-order chi connectivity index (χ0) is 17.0. The predicted octanol–water partition coefficient (Wildman–Crippen LogP) is 3.45. The number of thioether (sulfide) groups is 1. The van der Waals surface area contributed by atoms with Crippen LogP contribution in [-0.4, -0.2) is 55.3 Å². The molecule has 2 rings (SSSR count). The Morgan fingerprint density at radius 3 is 2.61 bits per heavy atom. The molecule has 0 saturated carbocycles. The Morgan fingerprint density at radius 1 is 1.39 bits per heavy atom. The summed E-state index contributed by atoms with van der Waals surface area (Å²) in [6.07, 6.45) is 3.11. The molecule has 0 bridgehead atoms. The van der Waals surface area contributed by atoms with Crippen LogP contribution in [0.4, 0.5) is 4.79 Å². The van der Waals surface area contributed by atoms with Gasteiger partial charge in [0.05, 0.1) is 6.04 Å². The number of benzene rings is 1. The molecule has 3 atom stereocenters. The van der Waals surface area contributed by atoms with Crippen LogP contribution in [0.5, 0.6) is 0 Å². The van der Waals surface area contributed by atoms with Crippen molar-refractivity contribution in [3.63, 3.8) is 0 Å². The van der Waals surface area contributed by atoms with Crippen LogP contribution < -0.4 is 5.32 Å². The number of rotatable bonds is 4. The molecule has 1 fully saturated rings. The van der Waals surface area contributed by atoms with Gasteiger partial charge in [-0.2, -0.15) is 0 Å². The Bertz CT molecular complexity index is 520. The SMILES string of the molecule is CSc1ccc([C@H](C)NC(=O)N(C)[C@H]2CCN(C)C[C@H]2C)cc1. The van der Waals surface area contributed by atoms with Gasteiger partial charge in [0, 0.05) is 24.5 Å². The Morgan fingerprint density at radius 2 is 2.04 bits per heavy atom. The Balaban J connectivity index is 1.94. The third-order valence-corrected chi connectivity index (χ3v) is 5.58. The largest absolute Gasteiger partial charge is 0.331 e. The van der Waals surface area contributed by atoms with E-state index in [1.54, 1.807) is 11.8 Å². The highest BCUT2D eigenvalue weighted by atomic mass is 32.2. The van der Waals surface area contributed by atoms with Gasteiger partial charge in [-0.3, -0.25) is 0 Å². The first-order chi connectivity index (χ1) is 10.9. The van der Waals surface area contributed by atoms with E-state index in [0.29, 0.717) is 12.0 Å². The average molecular weight is 336 g/mol. The Labute approximate surface area is 144 Å². The minimum atomic E-state index is 0.0161. The first kappa shape index (κ1) is 18.1. The van der Waals surface area contributed by atoms with Gasteiger partial charge in [-0.1, -0.05) is 19.1 Å². The lowest BCUT2D eigenvalue weighted by molar-refractivity contribution is 0.106. The molecule has 1 N–H and O–H groups in total. The topological polar surface area (TPSA) is 35.6 Å². The van der Waals surface area contributed by atoms with E-state index in [2.05, 4.69) is 54.7 Å². The molecule has 1 aliphatic rings. The van der Waals surface area contributed by atoms with E-state index < -0.39 is 0 Å². The number of likely N-dealkylation sites (tertiary alicyclic amines) is 1. The summed E-state index contributed by atoms with van der Waals surface area (Å²) in [6, 6.07) is 8.74. The summed E-state index contributed by atoms with van der Waals surface area (Å²) in [5.74, 6) is 0.501. The van der Waals surface area contributed by atoms with Crippen LogP contribution in [0.1, 0.15) is 31.9 Å². The lowest BCUT2D eigenvalue weighted by Crippen LogP contribution is -2.52. The lowest BCUT2D eigenvalue weighted by Gasteiger charge is -2.40. The standard InChI is InChI=1S/C18H29N3OS/c1-13-12-20(3)11-10-17(13)21(4)18(22)19-14(2)15-6-8-16(23-5)9-7-15/h6-9,13-14,17H,10-12H2,1-5H3,(H,19,22)/t13-,14+,17+/m1/s1. The second kappa shape index (κ2) is 8.06. The summed E-state index contributed by atoms with van der Waals surface area (Å²) >= 11 is 1.73. The fourth-order valence-electron chi connectivity index (χ4n) is 3.33. The Kier molecular flexibility index (Phi) is 6.36. The van der Waals surface area contributed by atoms with Crippen molar-refractivity contribution in [2.45, 2.75) is 37.2 Å². The van der Waals surface area contributed by atoms with E-state index in [0.717, 1.165) is 25.1 Å². The Hall–Kier alpha value is -1.20. The fourth-order valence-corrected chi connectivity index (χ4v) is 3.74. The average Bonchev–Trinajstić information content (AvgIpc) is 2.54. The van der Waals surface area contributed by atoms with Crippen molar-refractivity contribution in [1.82, 2.24) is 15.1 Å². The zero-order valence-corrected chi connectivity index (χ0v) is 15.7. The van der Waals surface area contributed by atoms with E-state index in [9.17, 15) is 4.79 Å². The van der Waals surface area contributed by atoms with Crippen LogP contribution >= 0.6 is 11.8 Å². The second-order valence-corrected chi connectivity index (χ2v) is 7.53. The monoisotopic (exact) mass is 335 g/mol. The van der Waals surface area contributed by atoms with Crippen molar-refractivity contribution in [3.8, 4) is 0 Å². The first-order valence-corrected chi connectivity index (χ1v) is 9.50. The third-order valence-electron chi connectivity index (χ3n) is 4.84. The predicted molar refractivity (Wildman–Crippen MR) is 98.0 cm³/mol. The molecule has 2 amide bonds. The highest BCUT2D eigenvalue weighted by molar-refractivity contribution is 7.98. The molecule has 5 heteroatoms. The number of nitrogens with one attached hydrogen (secondary N) is 1. The van der Waals surface area contributed by atoms with Gasteiger partial charge in [-0.15, -0.1) is 11.8 Å². The molecule has 1 aliphatic heterocycles. The van der Waals surface area contributed by atoms with Gasteiger partial charge in [-0.05, 0) is 56.8 Å². The minimum absolute atomic E-state index is 0.0161. The van der Waals surface area contributed by atoms with Crippen LogP contribution in [0, 0.1) is 5.92 Å². The number of hydrogen-bond acceptors (Lipinski definition) is 3. The van der Waals surface area contributed by atoms with Crippen molar-refractivity contribution in [2.75, 3.05) is 33.4 Å². The summed E-state index contributed by atoms with van der Waals surface area (Å²) in [6.45, 7) is 6.37. The van der Waals surface area contributed by atoms with Gasteiger partial charge in [0.1, 0.15) is 0 Å². The van der Waals surface area contributed by atoms with Gasteiger partial charge in [0.2, 0.25) is 0 Å². The number of amides is 2. The molecule has 0 unspecified atom stereocenters. The molecule has 0 spiro atoms. The van der Waals surface area contributed by atoms with Crippen LogP contribution in [0.25, 0.3) is 0 Å². The minimum Gasteiger partial charge on any atom is -0.331 e. The first-order valence-electron chi connectivity index (χ1n) is 8.28. The second-order valence-electron chi connectivity index (χ2n) is 6.65. The molecule has 128 valence electrons. The quantitative estimate of drug-likeness (QED) is 0.856. The summed E-state index contributed by atoms with van der Waals surface area (Å²) in [7, 11) is 4.07. The molecule has 1 aromatic carbocycles. The number of hydrogen-bond donors (Lipinski definition) is 1. The molecular weight excluding hydrogens is 306 g/mol. The van der Waals surface area contributed by atoms with Crippen molar-refractivity contribution >= 4 is 17.8 Å². The molecule has 23 heavy (non-hydrogen) atoms. The molecule has 0 radical (unpaired) electrons. The number of piperidine rings is 1. The van der Waals surface area contributed by atoms with Crippen molar-refractivity contribution < 1.29 is 4.79 Å². The van der Waals surface area contributed by atoms with Crippen LogP contribution in [0.3, 0.4) is 0 Å². The smallest absolute Gasteiger partial charge is 0.317 e. The van der Waals surface area contributed by atoms with E-state index >= 15 is 0 Å². The van der Waals surface area contributed by atoms with E-state index in [-0.39, 0.29) is 12.1 Å². The molecule has 0 aliphatic carbocycles. The maximum atomic E-state index is 12.6. The maximum absolute atomic E-state index is 12.6. The molecule has 4 nitrogen and oxygen atoms in total. The number of nitrogens with zero attached hydrogens (tertiary/aromatic N) is 2. The maximum Gasteiger partial charge on any atom is 0.317 e. The van der Waals surface area contributed by atoms with E-state index in [1.807, 2.05) is 18.9 Å². The summed E-state index contributed by atoms with van der Waals surface area (Å²) in [5.41, 5.74) is 1.14. The van der Waals surface area contributed by atoms with E-state index in [1.165, 1.54) is 4.90 Å². The fraction of sp³-hybridized carbons (Fsp3) is 0.611. The molecule has 0 aromatic heterocycles. The van der Waals surface area contributed by atoms with Crippen molar-refractivity contribution in [3.05, 3.63) is 29.8 Å². The molecular formula is C18H29N3OS. The summed E-state index contributed by atoms with van der Waals surface area (Å²) in [5, 5.41) is 3.13. The zero-order valence-electron chi connectivity index (χ0n) is 14.9. The van der Waals surface area contributed by atoms with Crippen molar-refractivity contribution in [2.24, 2.45) is 5.92 Å². The summed E-state index contributed by atoms with van der Waals surface area (Å²) < 4.78 is 0. The third kappa shape index (κ3) is 4.64. The van der Waals surface area contributed by atoms with E-state index in [4.69, 9.17) is 0 Å². The normalized spacial score (nSPS) is 23.3. The number of urea groups is 1.